The van der Waals surface area contributed by atoms with E-state index in [-0.39, 0.29) is 45.9 Å². The molecule has 1 saturated heterocycles. The summed E-state index contributed by atoms with van der Waals surface area (Å²) in [5.74, 6) is -3.50. The van der Waals surface area contributed by atoms with Crippen LogP contribution in [0.5, 0.6) is 5.75 Å². The molecule has 0 saturated carbocycles. The first-order valence-corrected chi connectivity index (χ1v) is 15.0. The van der Waals surface area contributed by atoms with Gasteiger partial charge in [0.25, 0.3) is 11.8 Å². The van der Waals surface area contributed by atoms with Crippen LogP contribution in [0.15, 0.2) is 61.2 Å². The fourth-order valence-electron chi connectivity index (χ4n) is 4.38. The number of sulfonamides is 1. The Morgan fingerprint density at radius 1 is 1.09 bits per heavy atom. The second-order valence-electron chi connectivity index (χ2n) is 9.96. The lowest BCUT2D eigenvalue weighted by Gasteiger charge is -2.40. The molecule has 4 aromatic rings. The Labute approximate surface area is 250 Å². The van der Waals surface area contributed by atoms with Gasteiger partial charge in [-0.05, 0) is 44.2 Å². The van der Waals surface area contributed by atoms with Crippen molar-refractivity contribution in [3.05, 3.63) is 88.8 Å². The number of anilines is 3. The third-order valence-electron chi connectivity index (χ3n) is 6.50. The van der Waals surface area contributed by atoms with Crippen molar-refractivity contribution in [3.8, 4) is 11.6 Å². The number of aromatic nitrogens is 3. The average Bonchev–Trinajstić information content (AvgIpc) is 3.31. The van der Waals surface area contributed by atoms with Crippen LogP contribution < -0.4 is 19.7 Å². The molecular formula is C28H26ClF3N6O4S. The van der Waals surface area contributed by atoms with Crippen LogP contribution in [0.3, 0.4) is 0 Å². The summed E-state index contributed by atoms with van der Waals surface area (Å²) >= 11 is 6.14. The summed E-state index contributed by atoms with van der Waals surface area (Å²) in [5.41, 5.74) is 2.15. The van der Waals surface area contributed by atoms with E-state index in [1.54, 1.807) is 23.6 Å². The average molecular weight is 635 g/mol. The molecule has 1 aliphatic heterocycles. The summed E-state index contributed by atoms with van der Waals surface area (Å²) in [6, 6.07) is 8.76. The zero-order chi connectivity index (χ0) is 30.9. The van der Waals surface area contributed by atoms with Crippen LogP contribution in [0.2, 0.25) is 5.02 Å². The maximum absolute atomic E-state index is 13.7. The summed E-state index contributed by atoms with van der Waals surface area (Å²) in [5, 5.41) is 2.91. The van der Waals surface area contributed by atoms with E-state index < -0.39 is 40.8 Å². The molecule has 2 N–H and O–H groups in total. The summed E-state index contributed by atoms with van der Waals surface area (Å²) in [6.45, 7) is 2.23. The van der Waals surface area contributed by atoms with E-state index in [2.05, 4.69) is 20.0 Å². The fraction of sp³-hybridized carbons (Fsp3) is 0.250. The zero-order valence-electron chi connectivity index (χ0n) is 22.9. The van der Waals surface area contributed by atoms with Crippen molar-refractivity contribution in [1.29, 1.82) is 0 Å². The fourth-order valence-corrected chi connectivity index (χ4v) is 5.23. The second-order valence-corrected chi connectivity index (χ2v) is 12.4. The molecule has 0 radical (unpaired) electrons. The molecule has 5 rings (SSSR count). The van der Waals surface area contributed by atoms with E-state index in [0.29, 0.717) is 16.9 Å². The van der Waals surface area contributed by atoms with Gasteiger partial charge in [-0.25, -0.2) is 26.6 Å². The third kappa shape index (κ3) is 7.20. The van der Waals surface area contributed by atoms with Crippen LogP contribution in [0.1, 0.15) is 28.5 Å². The summed E-state index contributed by atoms with van der Waals surface area (Å²) in [6.07, 6.45) is 5.45. The van der Waals surface area contributed by atoms with Crippen molar-refractivity contribution in [3.63, 3.8) is 0 Å². The van der Waals surface area contributed by atoms with Crippen molar-refractivity contribution < 1.29 is 31.1 Å². The number of halogens is 4. The van der Waals surface area contributed by atoms with Gasteiger partial charge >= 0.3 is 0 Å². The highest BCUT2D eigenvalue weighted by molar-refractivity contribution is 7.92. The van der Waals surface area contributed by atoms with Crippen molar-refractivity contribution in [1.82, 2.24) is 14.5 Å². The van der Waals surface area contributed by atoms with Gasteiger partial charge in [0, 0.05) is 40.4 Å². The predicted molar refractivity (Wildman–Crippen MR) is 156 cm³/mol. The summed E-state index contributed by atoms with van der Waals surface area (Å²) < 4.78 is 74.6. The van der Waals surface area contributed by atoms with E-state index in [0.717, 1.165) is 6.20 Å². The lowest BCUT2D eigenvalue weighted by Crippen LogP contribution is -2.56. The topological polar surface area (TPSA) is 118 Å². The first kappa shape index (κ1) is 30.2. The number of amides is 1. The molecule has 0 aliphatic carbocycles. The van der Waals surface area contributed by atoms with Gasteiger partial charge in [0.05, 0.1) is 48.2 Å². The van der Waals surface area contributed by atoms with Crippen LogP contribution in [0, 0.1) is 12.7 Å². The Hall–Kier alpha value is -4.30. The number of hydrogen-bond acceptors (Lipinski definition) is 7. The molecule has 226 valence electrons. The van der Waals surface area contributed by atoms with Crippen LogP contribution in [-0.2, 0) is 16.6 Å². The van der Waals surface area contributed by atoms with Crippen LogP contribution in [0.25, 0.3) is 5.82 Å². The Balaban J connectivity index is 1.41. The largest absolute Gasteiger partial charge is 0.485 e. The van der Waals surface area contributed by atoms with Crippen LogP contribution in [-0.4, -0.2) is 53.6 Å². The normalized spacial score (nSPS) is 14.2. The number of carbonyl (C=O) groups is 1. The highest BCUT2D eigenvalue weighted by Crippen LogP contribution is 2.35. The molecule has 0 bridgehead atoms. The molecule has 1 aromatic carbocycles. The van der Waals surface area contributed by atoms with Gasteiger partial charge in [0.1, 0.15) is 12.4 Å². The smallest absolute Gasteiger partial charge is 0.282 e. The minimum absolute atomic E-state index is 0.0778. The number of rotatable bonds is 10. The monoisotopic (exact) mass is 634 g/mol. The van der Waals surface area contributed by atoms with E-state index in [1.165, 1.54) is 54.7 Å². The van der Waals surface area contributed by atoms with Crippen molar-refractivity contribution in [2.24, 2.45) is 0 Å². The maximum Gasteiger partial charge on any atom is 0.282 e. The van der Waals surface area contributed by atoms with Gasteiger partial charge in [-0.3, -0.25) is 14.5 Å². The number of benzene rings is 1. The lowest BCUT2D eigenvalue weighted by molar-refractivity contribution is -0.0263. The number of ether oxygens (including phenoxy) is 1. The maximum atomic E-state index is 13.7. The molecule has 3 aromatic heterocycles. The van der Waals surface area contributed by atoms with Crippen molar-refractivity contribution >= 4 is 44.6 Å². The molecular weight excluding hydrogens is 609 g/mol. The summed E-state index contributed by atoms with van der Waals surface area (Å²) in [4.78, 5) is 22.9. The van der Waals surface area contributed by atoms with Gasteiger partial charge in [0.2, 0.25) is 10.0 Å². The summed E-state index contributed by atoms with van der Waals surface area (Å²) in [7, 11) is -3.57. The number of hydrogen-bond donors (Lipinski definition) is 2. The van der Waals surface area contributed by atoms with E-state index >= 15 is 0 Å². The van der Waals surface area contributed by atoms with Gasteiger partial charge < -0.3 is 19.5 Å². The number of alkyl halides is 2. The minimum Gasteiger partial charge on any atom is -0.485 e. The third-order valence-corrected chi connectivity index (χ3v) is 8.02. The van der Waals surface area contributed by atoms with Crippen LogP contribution in [0.4, 0.5) is 30.2 Å². The molecule has 0 unspecified atom stereocenters. The standard InChI is InChI=1S/C28H26ClF3N6O4S/c1-3-43(40,41)36-23-7-20(29)6-22(8-23)35-27(39)19-4-17(2)38(13-19)26-25(42-14-18-5-21(30)11-33-10-18)9-24(12-34-26)37-15-28(31,32)16-37/h4-13,36H,3,14-16H2,1-2H3,(H,35,39). The molecule has 1 amide bonds. The Morgan fingerprint density at radius 2 is 1.84 bits per heavy atom. The number of nitrogens with one attached hydrogen (secondary N) is 2. The van der Waals surface area contributed by atoms with Gasteiger partial charge in [0.15, 0.2) is 11.6 Å². The zero-order valence-corrected chi connectivity index (χ0v) is 24.5. The predicted octanol–water partition coefficient (Wildman–Crippen LogP) is 5.42. The minimum atomic E-state index is -3.57. The Morgan fingerprint density at radius 3 is 2.53 bits per heavy atom. The first-order valence-electron chi connectivity index (χ1n) is 13.0. The molecule has 15 heteroatoms. The quantitative estimate of drug-likeness (QED) is 0.239. The van der Waals surface area contributed by atoms with E-state index in [4.69, 9.17) is 16.3 Å². The highest BCUT2D eigenvalue weighted by Gasteiger charge is 2.44. The van der Waals surface area contributed by atoms with Crippen molar-refractivity contribution in [2.45, 2.75) is 26.4 Å². The van der Waals surface area contributed by atoms with Gasteiger partial charge in [-0.2, -0.15) is 0 Å². The molecule has 1 aliphatic rings. The number of aryl methyl sites for hydroxylation is 1. The van der Waals surface area contributed by atoms with Crippen molar-refractivity contribution in [2.75, 3.05) is 33.8 Å². The lowest BCUT2D eigenvalue weighted by atomic mass is 10.1. The SMILES string of the molecule is CCS(=O)(=O)Nc1cc(Cl)cc(NC(=O)c2cc(C)n(-c3ncc(N4CC(F)(F)C4)cc3OCc3cncc(F)c3)c2)c1. The van der Waals surface area contributed by atoms with E-state index in [1.807, 2.05) is 0 Å². The highest BCUT2D eigenvalue weighted by atomic mass is 35.5. The van der Waals surface area contributed by atoms with Crippen LogP contribution >= 0.6 is 11.6 Å². The number of pyridine rings is 2. The van der Waals surface area contributed by atoms with E-state index in [9.17, 15) is 26.4 Å². The second kappa shape index (κ2) is 11.8. The molecule has 43 heavy (non-hydrogen) atoms. The Kier molecular flexibility index (Phi) is 8.25. The first-order chi connectivity index (χ1) is 20.3. The molecule has 10 nitrogen and oxygen atoms in total. The number of nitrogens with zero attached hydrogens (tertiary/aromatic N) is 4. The molecule has 0 spiro atoms. The van der Waals surface area contributed by atoms with Gasteiger partial charge in [-0.15, -0.1) is 0 Å². The molecule has 4 heterocycles. The van der Waals surface area contributed by atoms with Gasteiger partial charge in [-0.1, -0.05) is 11.6 Å². The number of carbonyl (C=O) groups excluding carboxylic acids is 1. The Bertz CT molecular complexity index is 1790. The molecule has 0 atom stereocenters. The molecule has 1 fully saturated rings.